The van der Waals surface area contributed by atoms with Gasteiger partial charge in [-0.1, -0.05) is 0 Å². The zero-order valence-electron chi connectivity index (χ0n) is 10.1. The van der Waals surface area contributed by atoms with Gasteiger partial charge in [-0.3, -0.25) is 9.59 Å². The maximum Gasteiger partial charge on any atom is 0.308 e. The second-order valence-corrected chi connectivity index (χ2v) is 4.18. The van der Waals surface area contributed by atoms with Crippen LogP contribution in [0.3, 0.4) is 0 Å². The Morgan fingerprint density at radius 3 is 2.67 bits per heavy atom. The largest absolute Gasteiger partial charge is 0.493 e. The van der Waals surface area contributed by atoms with Crippen LogP contribution in [0.1, 0.15) is 16.8 Å². The highest BCUT2D eigenvalue weighted by Gasteiger charge is 2.12. The van der Waals surface area contributed by atoms with E-state index in [-0.39, 0.29) is 19.0 Å². The fourth-order valence-corrected chi connectivity index (χ4v) is 1.86. The quantitative estimate of drug-likeness (QED) is 0.595. The van der Waals surface area contributed by atoms with Crippen LogP contribution in [0.5, 0.6) is 11.5 Å². The molecule has 5 nitrogen and oxygen atoms in total. The number of carbonyl (C=O) groups excluding carboxylic acids is 2. The molecule has 0 unspecified atom stereocenters. The molecule has 0 spiro atoms. The van der Waals surface area contributed by atoms with Crippen LogP contribution in [-0.4, -0.2) is 33.1 Å². The predicted octanol–water partition coefficient (Wildman–Crippen LogP) is 2.21. The Morgan fingerprint density at radius 1 is 1.39 bits per heavy atom. The average molecular weight is 317 g/mol. The number of benzene rings is 1. The molecule has 0 amide bonds. The standard InChI is InChI=1S/C12H13BrO5/c1-16-10-6-8(7-14)5-9(13)12(10)18-4-3-11(15)17-2/h5-7H,3-4H2,1-2H3. The van der Waals surface area contributed by atoms with Gasteiger partial charge in [0.25, 0.3) is 0 Å². The molecule has 0 saturated heterocycles. The van der Waals surface area contributed by atoms with Gasteiger partial charge in [0.1, 0.15) is 6.29 Å². The Kier molecular flexibility index (Phi) is 5.64. The van der Waals surface area contributed by atoms with Crippen molar-refractivity contribution in [2.75, 3.05) is 20.8 Å². The number of rotatable bonds is 6. The molecular formula is C12H13BrO5. The van der Waals surface area contributed by atoms with Crippen molar-refractivity contribution in [2.24, 2.45) is 0 Å². The monoisotopic (exact) mass is 316 g/mol. The molecule has 0 N–H and O–H groups in total. The lowest BCUT2D eigenvalue weighted by molar-refractivity contribution is -0.141. The highest BCUT2D eigenvalue weighted by molar-refractivity contribution is 9.10. The van der Waals surface area contributed by atoms with Gasteiger partial charge in [-0.15, -0.1) is 0 Å². The van der Waals surface area contributed by atoms with E-state index in [0.717, 1.165) is 0 Å². The number of ether oxygens (including phenoxy) is 3. The van der Waals surface area contributed by atoms with Crippen molar-refractivity contribution in [2.45, 2.75) is 6.42 Å². The Balaban J connectivity index is 2.81. The van der Waals surface area contributed by atoms with E-state index in [1.807, 2.05) is 0 Å². The summed E-state index contributed by atoms with van der Waals surface area (Å²) in [6.45, 7) is 0.169. The molecule has 0 fully saturated rings. The number of methoxy groups -OCH3 is 2. The zero-order chi connectivity index (χ0) is 13.5. The number of carbonyl (C=O) groups is 2. The van der Waals surface area contributed by atoms with E-state index in [1.165, 1.54) is 14.2 Å². The molecule has 0 radical (unpaired) electrons. The summed E-state index contributed by atoms with van der Waals surface area (Å²) in [5.41, 5.74) is 0.471. The molecule has 0 saturated carbocycles. The maximum absolute atomic E-state index is 11.0. The van der Waals surface area contributed by atoms with Gasteiger partial charge in [-0.2, -0.15) is 0 Å². The summed E-state index contributed by atoms with van der Waals surface area (Å²) in [7, 11) is 2.79. The molecule has 18 heavy (non-hydrogen) atoms. The summed E-state index contributed by atoms with van der Waals surface area (Å²) in [4.78, 5) is 21.7. The fourth-order valence-electron chi connectivity index (χ4n) is 1.29. The molecule has 0 aliphatic rings. The lowest BCUT2D eigenvalue weighted by Gasteiger charge is -2.12. The molecule has 6 heteroatoms. The minimum Gasteiger partial charge on any atom is -0.493 e. The van der Waals surface area contributed by atoms with Gasteiger partial charge >= 0.3 is 5.97 Å². The van der Waals surface area contributed by atoms with Crippen LogP contribution < -0.4 is 9.47 Å². The van der Waals surface area contributed by atoms with Gasteiger partial charge in [0.15, 0.2) is 11.5 Å². The van der Waals surface area contributed by atoms with Gasteiger partial charge in [0.05, 0.1) is 31.7 Å². The Morgan fingerprint density at radius 2 is 2.11 bits per heavy atom. The van der Waals surface area contributed by atoms with E-state index < -0.39 is 0 Å². The summed E-state index contributed by atoms with van der Waals surface area (Å²) in [5, 5.41) is 0. The van der Waals surface area contributed by atoms with Crippen molar-refractivity contribution in [3.63, 3.8) is 0 Å². The normalized spacial score (nSPS) is 9.72. The van der Waals surface area contributed by atoms with Gasteiger partial charge in [0.2, 0.25) is 0 Å². The average Bonchev–Trinajstić information content (AvgIpc) is 2.39. The topological polar surface area (TPSA) is 61.8 Å². The Labute approximate surface area is 113 Å². The first kappa shape index (κ1) is 14.5. The summed E-state index contributed by atoms with van der Waals surface area (Å²) in [6.07, 6.45) is 0.854. The van der Waals surface area contributed by atoms with E-state index >= 15 is 0 Å². The highest BCUT2D eigenvalue weighted by Crippen LogP contribution is 2.36. The first-order valence-electron chi connectivity index (χ1n) is 5.14. The first-order chi connectivity index (χ1) is 8.62. The van der Waals surface area contributed by atoms with Gasteiger partial charge in [-0.25, -0.2) is 0 Å². The highest BCUT2D eigenvalue weighted by atomic mass is 79.9. The maximum atomic E-state index is 11.0. The summed E-state index contributed by atoms with van der Waals surface area (Å²) >= 11 is 3.28. The number of esters is 1. The van der Waals surface area contributed by atoms with E-state index in [4.69, 9.17) is 9.47 Å². The molecule has 0 atom stereocenters. The van der Waals surface area contributed by atoms with E-state index in [9.17, 15) is 9.59 Å². The van der Waals surface area contributed by atoms with Gasteiger partial charge < -0.3 is 14.2 Å². The predicted molar refractivity (Wildman–Crippen MR) is 68.2 cm³/mol. The number of aldehydes is 1. The van der Waals surface area contributed by atoms with Crippen LogP contribution in [0.25, 0.3) is 0 Å². The van der Waals surface area contributed by atoms with Crippen LogP contribution in [0.15, 0.2) is 16.6 Å². The molecule has 1 rings (SSSR count). The molecular weight excluding hydrogens is 304 g/mol. The van der Waals surface area contributed by atoms with Crippen molar-refractivity contribution in [3.8, 4) is 11.5 Å². The molecule has 0 aromatic heterocycles. The molecule has 1 aromatic carbocycles. The third-order valence-electron chi connectivity index (χ3n) is 2.17. The lowest BCUT2D eigenvalue weighted by atomic mass is 10.2. The molecule has 0 aliphatic carbocycles. The van der Waals surface area contributed by atoms with E-state index in [0.29, 0.717) is 27.8 Å². The summed E-state index contributed by atoms with van der Waals surface area (Å²) < 4.78 is 15.7. The van der Waals surface area contributed by atoms with Gasteiger partial charge in [0, 0.05) is 5.56 Å². The second kappa shape index (κ2) is 7.00. The lowest BCUT2D eigenvalue weighted by Crippen LogP contribution is -2.08. The molecule has 0 bridgehead atoms. The van der Waals surface area contributed by atoms with Crippen molar-refractivity contribution in [1.29, 1.82) is 0 Å². The Hall–Kier alpha value is -1.56. The smallest absolute Gasteiger partial charge is 0.308 e. The summed E-state index contributed by atoms with van der Waals surface area (Å²) in [5.74, 6) is 0.526. The fraction of sp³-hybridized carbons (Fsp3) is 0.333. The van der Waals surface area contributed by atoms with Crippen LogP contribution >= 0.6 is 15.9 Å². The van der Waals surface area contributed by atoms with E-state index in [1.54, 1.807) is 12.1 Å². The van der Waals surface area contributed by atoms with Crippen LogP contribution in [0.4, 0.5) is 0 Å². The zero-order valence-corrected chi connectivity index (χ0v) is 11.7. The Bertz CT molecular complexity index is 444. The number of halogens is 1. The first-order valence-corrected chi connectivity index (χ1v) is 5.94. The second-order valence-electron chi connectivity index (χ2n) is 3.33. The molecule has 1 aromatic rings. The van der Waals surface area contributed by atoms with Crippen molar-refractivity contribution in [1.82, 2.24) is 0 Å². The minimum absolute atomic E-state index is 0.140. The third-order valence-corrected chi connectivity index (χ3v) is 2.76. The van der Waals surface area contributed by atoms with Gasteiger partial charge in [-0.05, 0) is 28.1 Å². The van der Waals surface area contributed by atoms with Crippen LogP contribution in [0.2, 0.25) is 0 Å². The summed E-state index contributed by atoms with van der Waals surface area (Å²) in [6, 6.07) is 3.17. The van der Waals surface area contributed by atoms with Crippen LogP contribution in [-0.2, 0) is 9.53 Å². The number of hydrogen-bond acceptors (Lipinski definition) is 5. The van der Waals surface area contributed by atoms with Crippen molar-refractivity contribution < 1.29 is 23.8 Å². The van der Waals surface area contributed by atoms with E-state index in [2.05, 4.69) is 20.7 Å². The minimum atomic E-state index is -0.352. The third kappa shape index (κ3) is 3.73. The van der Waals surface area contributed by atoms with Crippen molar-refractivity contribution in [3.05, 3.63) is 22.2 Å². The number of hydrogen-bond donors (Lipinski definition) is 0. The van der Waals surface area contributed by atoms with Crippen LogP contribution in [0, 0.1) is 0 Å². The SMILES string of the molecule is COC(=O)CCOc1c(Br)cc(C=O)cc1OC. The molecule has 98 valence electrons. The molecule has 0 aliphatic heterocycles. The van der Waals surface area contributed by atoms with Crippen molar-refractivity contribution >= 4 is 28.2 Å². The molecule has 0 heterocycles.